The van der Waals surface area contributed by atoms with E-state index in [-0.39, 0.29) is 17.4 Å². The van der Waals surface area contributed by atoms with E-state index >= 15 is 0 Å². The van der Waals surface area contributed by atoms with Gasteiger partial charge in [-0.3, -0.25) is 4.79 Å². The van der Waals surface area contributed by atoms with E-state index in [0.29, 0.717) is 12.2 Å². The van der Waals surface area contributed by atoms with Crippen molar-refractivity contribution in [3.05, 3.63) is 23.8 Å². The lowest BCUT2D eigenvalue weighted by molar-refractivity contribution is -0.255. The summed E-state index contributed by atoms with van der Waals surface area (Å²) in [6, 6.07) is 4.44. The van der Waals surface area contributed by atoms with Crippen LogP contribution >= 0.6 is 0 Å². The zero-order valence-corrected chi connectivity index (χ0v) is 14.7. The second-order valence-corrected chi connectivity index (χ2v) is 5.90. The van der Waals surface area contributed by atoms with E-state index in [2.05, 4.69) is 5.32 Å². The average Bonchev–Trinajstić information content (AvgIpc) is 2.62. The Morgan fingerprint density at radius 1 is 1.23 bits per heavy atom. The topological polar surface area (TPSA) is 135 Å². The zero-order chi connectivity index (χ0) is 19.4. The van der Waals surface area contributed by atoms with Gasteiger partial charge in [-0.2, -0.15) is 0 Å². The lowest BCUT2D eigenvalue weighted by Crippen LogP contribution is -2.57. The molecule has 0 aliphatic carbocycles. The van der Waals surface area contributed by atoms with E-state index in [0.717, 1.165) is 0 Å². The van der Waals surface area contributed by atoms with E-state index < -0.39 is 36.5 Å². The lowest BCUT2D eigenvalue weighted by Gasteiger charge is -2.39. The van der Waals surface area contributed by atoms with Crippen LogP contribution in [0.15, 0.2) is 18.2 Å². The molecule has 9 heteroatoms. The Morgan fingerprint density at radius 2 is 1.92 bits per heavy atom. The summed E-state index contributed by atoms with van der Waals surface area (Å²) in [5.74, 6) is -2.03. The number of carboxylic acid groups (broad SMARTS) is 1. The van der Waals surface area contributed by atoms with Gasteiger partial charge in [0, 0.05) is 18.5 Å². The molecule has 144 valence electrons. The molecule has 0 spiro atoms. The van der Waals surface area contributed by atoms with Crippen molar-refractivity contribution in [2.75, 3.05) is 13.7 Å². The normalized spacial score (nSPS) is 28.3. The minimum atomic E-state index is -1.53. The van der Waals surface area contributed by atoms with Crippen LogP contribution in [-0.4, -0.2) is 65.5 Å². The zero-order valence-electron chi connectivity index (χ0n) is 14.7. The van der Waals surface area contributed by atoms with Gasteiger partial charge in [0.2, 0.25) is 6.29 Å². The van der Waals surface area contributed by atoms with Crippen molar-refractivity contribution in [1.82, 2.24) is 5.32 Å². The molecule has 0 aromatic heterocycles. The van der Waals surface area contributed by atoms with Gasteiger partial charge in [-0.05, 0) is 25.1 Å². The SMILES string of the molecule is CCOc1cc(C(=O)NC)ccc1O[C@@H]1O[C@H](C(=O)O)[C@@H](O)[C@H](C)[C@H]1O. The van der Waals surface area contributed by atoms with E-state index in [1.807, 2.05) is 0 Å². The number of aliphatic hydroxyl groups is 2. The van der Waals surface area contributed by atoms with Gasteiger partial charge in [0.15, 0.2) is 17.6 Å². The van der Waals surface area contributed by atoms with Gasteiger partial charge in [0.1, 0.15) is 6.10 Å². The van der Waals surface area contributed by atoms with Crippen LogP contribution in [0, 0.1) is 5.92 Å². The first-order valence-corrected chi connectivity index (χ1v) is 8.20. The number of amides is 1. The molecule has 1 aromatic rings. The Labute approximate surface area is 150 Å². The predicted molar refractivity (Wildman–Crippen MR) is 89.1 cm³/mol. The molecular weight excluding hydrogens is 346 g/mol. The Bertz CT molecular complexity index is 664. The number of carbonyl (C=O) groups excluding carboxylic acids is 1. The summed E-state index contributed by atoms with van der Waals surface area (Å²) in [6.07, 6.45) is -5.48. The number of nitrogens with one attached hydrogen (secondary N) is 1. The molecule has 2 rings (SSSR count). The van der Waals surface area contributed by atoms with Crippen molar-refractivity contribution in [1.29, 1.82) is 0 Å². The molecule has 0 saturated carbocycles. The maximum atomic E-state index is 11.8. The third kappa shape index (κ3) is 4.06. The Kier molecular flexibility index (Phi) is 6.41. The van der Waals surface area contributed by atoms with Crippen molar-refractivity contribution in [2.45, 2.75) is 38.4 Å². The highest BCUT2D eigenvalue weighted by molar-refractivity contribution is 5.94. The number of carboxylic acids is 1. The Hall–Kier alpha value is -2.36. The summed E-state index contributed by atoms with van der Waals surface area (Å²) in [5, 5.41) is 31.9. The summed E-state index contributed by atoms with van der Waals surface area (Å²) in [5.41, 5.74) is 0.348. The molecule has 26 heavy (non-hydrogen) atoms. The molecule has 0 bridgehead atoms. The molecular formula is C17H23NO8. The van der Waals surface area contributed by atoms with E-state index in [9.17, 15) is 19.8 Å². The van der Waals surface area contributed by atoms with Gasteiger partial charge in [0.05, 0.1) is 12.7 Å². The molecule has 9 nitrogen and oxygen atoms in total. The third-order valence-corrected chi connectivity index (χ3v) is 4.17. The fraction of sp³-hybridized carbons (Fsp3) is 0.529. The first-order chi connectivity index (χ1) is 12.3. The first-order valence-electron chi connectivity index (χ1n) is 8.20. The van der Waals surface area contributed by atoms with Gasteiger partial charge in [-0.1, -0.05) is 6.92 Å². The van der Waals surface area contributed by atoms with Crippen LogP contribution < -0.4 is 14.8 Å². The van der Waals surface area contributed by atoms with E-state index in [1.54, 1.807) is 6.92 Å². The summed E-state index contributed by atoms with van der Waals surface area (Å²) >= 11 is 0. The molecule has 1 heterocycles. The fourth-order valence-electron chi connectivity index (χ4n) is 2.62. The molecule has 1 amide bonds. The fourth-order valence-corrected chi connectivity index (χ4v) is 2.62. The van der Waals surface area contributed by atoms with Crippen LogP contribution in [0.5, 0.6) is 11.5 Å². The highest BCUT2D eigenvalue weighted by Gasteiger charge is 2.46. The highest BCUT2D eigenvalue weighted by atomic mass is 16.7. The second kappa shape index (κ2) is 8.35. The van der Waals surface area contributed by atoms with Gasteiger partial charge in [0.25, 0.3) is 5.91 Å². The average molecular weight is 369 g/mol. The molecule has 1 aliphatic rings. The van der Waals surface area contributed by atoms with Crippen molar-refractivity contribution >= 4 is 11.9 Å². The lowest BCUT2D eigenvalue weighted by atomic mass is 9.90. The van der Waals surface area contributed by atoms with Gasteiger partial charge in [-0.25, -0.2) is 4.79 Å². The minimum Gasteiger partial charge on any atom is -0.490 e. The minimum absolute atomic E-state index is 0.177. The number of benzene rings is 1. The second-order valence-electron chi connectivity index (χ2n) is 5.90. The molecule has 0 radical (unpaired) electrons. The molecule has 4 N–H and O–H groups in total. The van der Waals surface area contributed by atoms with Gasteiger partial charge >= 0.3 is 5.97 Å². The molecule has 0 unspecified atom stereocenters. The summed E-state index contributed by atoms with van der Waals surface area (Å²) < 4.78 is 16.3. The van der Waals surface area contributed by atoms with Crippen LogP contribution in [0.2, 0.25) is 0 Å². The predicted octanol–water partition coefficient (Wildman–Crippen LogP) is -0.00890. The standard InChI is InChI=1S/C17H23NO8/c1-4-24-11-7-9(15(21)18-3)5-6-10(11)25-17-13(20)8(2)12(19)14(26-17)16(22)23/h5-8,12-14,17,19-20H,4H2,1-3H3,(H,18,21)(H,22,23)/t8-,12-,13+,14-,17+/m0/s1. The number of hydrogen-bond donors (Lipinski definition) is 4. The quantitative estimate of drug-likeness (QED) is 0.550. The van der Waals surface area contributed by atoms with Gasteiger partial charge in [-0.15, -0.1) is 0 Å². The molecule has 1 fully saturated rings. The monoisotopic (exact) mass is 369 g/mol. The molecule has 1 aliphatic heterocycles. The van der Waals surface area contributed by atoms with Crippen molar-refractivity contribution in [3.63, 3.8) is 0 Å². The van der Waals surface area contributed by atoms with Crippen molar-refractivity contribution in [3.8, 4) is 11.5 Å². The number of aliphatic carboxylic acids is 1. The van der Waals surface area contributed by atoms with Gasteiger partial charge < -0.3 is 34.8 Å². The largest absolute Gasteiger partial charge is 0.490 e. The molecule has 1 aromatic carbocycles. The third-order valence-electron chi connectivity index (χ3n) is 4.17. The number of ether oxygens (including phenoxy) is 3. The summed E-state index contributed by atoms with van der Waals surface area (Å²) in [6.45, 7) is 3.55. The first kappa shape index (κ1) is 20.0. The molecule has 5 atom stereocenters. The number of rotatable bonds is 6. The van der Waals surface area contributed by atoms with E-state index in [1.165, 1.54) is 32.2 Å². The van der Waals surface area contributed by atoms with Crippen LogP contribution in [0.4, 0.5) is 0 Å². The summed E-state index contributed by atoms with van der Waals surface area (Å²) in [4.78, 5) is 23.0. The maximum absolute atomic E-state index is 11.8. The highest BCUT2D eigenvalue weighted by Crippen LogP contribution is 2.33. The van der Waals surface area contributed by atoms with E-state index in [4.69, 9.17) is 19.3 Å². The number of hydrogen-bond acceptors (Lipinski definition) is 7. The summed E-state index contributed by atoms with van der Waals surface area (Å²) in [7, 11) is 1.50. The Balaban J connectivity index is 2.28. The van der Waals surface area contributed by atoms with Crippen LogP contribution in [0.3, 0.4) is 0 Å². The van der Waals surface area contributed by atoms with Crippen LogP contribution in [0.1, 0.15) is 24.2 Å². The van der Waals surface area contributed by atoms with Crippen LogP contribution in [-0.2, 0) is 9.53 Å². The maximum Gasteiger partial charge on any atom is 0.335 e. The number of aliphatic hydroxyl groups excluding tert-OH is 2. The molecule has 1 saturated heterocycles. The smallest absolute Gasteiger partial charge is 0.335 e. The van der Waals surface area contributed by atoms with Crippen LogP contribution in [0.25, 0.3) is 0 Å². The number of carbonyl (C=O) groups is 2. The van der Waals surface area contributed by atoms with Crippen molar-refractivity contribution in [2.24, 2.45) is 5.92 Å². The Morgan fingerprint density at radius 3 is 2.50 bits per heavy atom. The van der Waals surface area contributed by atoms with Crippen molar-refractivity contribution < 1.29 is 39.1 Å².